The van der Waals surface area contributed by atoms with Gasteiger partial charge in [-0.15, -0.1) is 0 Å². The monoisotopic (exact) mass is 256 g/mol. The highest BCUT2D eigenvalue weighted by Gasteiger charge is 2.12. The fourth-order valence-electron chi connectivity index (χ4n) is 1.92. The molecule has 1 N–H and O–H groups in total. The van der Waals surface area contributed by atoms with E-state index in [1.165, 1.54) is 11.6 Å². The molecule has 4 heteroatoms. The number of anilines is 1. The fraction of sp³-hybridized carbons (Fsp3) is 0.200. The third kappa shape index (κ3) is 3.10. The number of nitro benzene ring substituents is 1. The van der Waals surface area contributed by atoms with E-state index in [0.29, 0.717) is 12.1 Å². The van der Waals surface area contributed by atoms with Gasteiger partial charge in [-0.3, -0.25) is 10.1 Å². The third-order valence-corrected chi connectivity index (χ3v) is 3.11. The van der Waals surface area contributed by atoms with Crippen LogP contribution in [0, 0.1) is 24.0 Å². The molecule has 0 heterocycles. The molecule has 0 amide bonds. The van der Waals surface area contributed by atoms with Gasteiger partial charge in [0, 0.05) is 23.9 Å². The predicted molar refractivity (Wildman–Crippen MR) is 76.3 cm³/mol. The largest absolute Gasteiger partial charge is 0.381 e. The van der Waals surface area contributed by atoms with Crippen LogP contribution in [-0.4, -0.2) is 4.92 Å². The van der Waals surface area contributed by atoms with Crippen LogP contribution < -0.4 is 5.32 Å². The molecule has 0 saturated heterocycles. The molecule has 0 unspecified atom stereocenters. The molecular formula is C15H16N2O2. The summed E-state index contributed by atoms with van der Waals surface area (Å²) in [5, 5.41) is 14.1. The summed E-state index contributed by atoms with van der Waals surface area (Å²) in [6.07, 6.45) is 0. The standard InChI is InChI=1S/C15H16N2O2/c1-11-6-8-13(9-7-11)10-16-14-4-3-5-15(12(14)2)17(18)19/h3-9,16H,10H2,1-2H3. The Labute approximate surface area is 112 Å². The van der Waals surface area contributed by atoms with Gasteiger partial charge in [-0.1, -0.05) is 35.9 Å². The zero-order chi connectivity index (χ0) is 13.8. The number of rotatable bonds is 4. The quantitative estimate of drug-likeness (QED) is 0.668. The van der Waals surface area contributed by atoms with Crippen molar-refractivity contribution in [2.45, 2.75) is 20.4 Å². The second kappa shape index (κ2) is 5.52. The average Bonchev–Trinajstić information content (AvgIpc) is 2.39. The van der Waals surface area contributed by atoms with E-state index in [4.69, 9.17) is 0 Å². The summed E-state index contributed by atoms with van der Waals surface area (Å²) in [7, 11) is 0. The molecule has 0 bridgehead atoms. The minimum absolute atomic E-state index is 0.147. The molecule has 0 fully saturated rings. The van der Waals surface area contributed by atoms with Gasteiger partial charge >= 0.3 is 0 Å². The highest BCUT2D eigenvalue weighted by atomic mass is 16.6. The van der Waals surface area contributed by atoms with E-state index in [2.05, 4.69) is 29.6 Å². The van der Waals surface area contributed by atoms with Crippen LogP contribution in [0.3, 0.4) is 0 Å². The molecule has 0 aliphatic heterocycles. The summed E-state index contributed by atoms with van der Waals surface area (Å²) in [6.45, 7) is 4.46. The Balaban J connectivity index is 2.13. The Kier molecular flexibility index (Phi) is 3.80. The van der Waals surface area contributed by atoms with Crippen molar-refractivity contribution >= 4 is 11.4 Å². The van der Waals surface area contributed by atoms with Crippen molar-refractivity contribution < 1.29 is 4.92 Å². The van der Waals surface area contributed by atoms with Gasteiger partial charge in [0.1, 0.15) is 0 Å². The smallest absolute Gasteiger partial charge is 0.274 e. The van der Waals surface area contributed by atoms with Crippen LogP contribution in [0.25, 0.3) is 0 Å². The van der Waals surface area contributed by atoms with E-state index in [0.717, 1.165) is 11.3 Å². The summed E-state index contributed by atoms with van der Waals surface area (Å²) >= 11 is 0. The van der Waals surface area contributed by atoms with Crippen LogP contribution in [-0.2, 0) is 6.54 Å². The van der Waals surface area contributed by atoms with Crippen molar-refractivity contribution in [2.75, 3.05) is 5.32 Å². The molecule has 0 spiro atoms. The highest BCUT2D eigenvalue weighted by Crippen LogP contribution is 2.25. The second-order valence-corrected chi connectivity index (χ2v) is 4.55. The van der Waals surface area contributed by atoms with E-state index in [9.17, 15) is 10.1 Å². The maximum absolute atomic E-state index is 10.9. The van der Waals surface area contributed by atoms with Crippen LogP contribution in [0.1, 0.15) is 16.7 Å². The number of nitrogens with one attached hydrogen (secondary N) is 1. The normalized spacial score (nSPS) is 10.2. The molecule has 0 radical (unpaired) electrons. The van der Waals surface area contributed by atoms with Gasteiger partial charge in [-0.25, -0.2) is 0 Å². The summed E-state index contributed by atoms with van der Waals surface area (Å²) < 4.78 is 0. The molecule has 2 aromatic carbocycles. The summed E-state index contributed by atoms with van der Waals surface area (Å²) in [6, 6.07) is 13.3. The Bertz CT molecular complexity index is 592. The third-order valence-electron chi connectivity index (χ3n) is 3.11. The van der Waals surface area contributed by atoms with E-state index in [1.54, 1.807) is 13.0 Å². The van der Waals surface area contributed by atoms with Crippen LogP contribution >= 0.6 is 0 Å². The van der Waals surface area contributed by atoms with Gasteiger partial charge < -0.3 is 5.32 Å². The molecule has 2 rings (SSSR count). The lowest BCUT2D eigenvalue weighted by atomic mass is 10.1. The van der Waals surface area contributed by atoms with Crippen molar-refractivity contribution in [1.29, 1.82) is 0 Å². The maximum atomic E-state index is 10.9. The molecule has 2 aromatic rings. The average molecular weight is 256 g/mol. The Morgan fingerprint density at radius 3 is 2.42 bits per heavy atom. The molecule has 0 saturated carbocycles. The molecule has 0 aliphatic rings. The number of aryl methyl sites for hydroxylation is 1. The lowest BCUT2D eigenvalue weighted by Crippen LogP contribution is -2.02. The first-order valence-corrected chi connectivity index (χ1v) is 6.11. The van der Waals surface area contributed by atoms with Gasteiger partial charge in [0.2, 0.25) is 0 Å². The molecular weight excluding hydrogens is 240 g/mol. The number of hydrogen-bond acceptors (Lipinski definition) is 3. The first-order valence-electron chi connectivity index (χ1n) is 6.11. The van der Waals surface area contributed by atoms with E-state index < -0.39 is 0 Å². The van der Waals surface area contributed by atoms with E-state index in [1.807, 2.05) is 13.0 Å². The van der Waals surface area contributed by atoms with E-state index >= 15 is 0 Å². The van der Waals surface area contributed by atoms with Gasteiger partial charge in [0.05, 0.1) is 4.92 Å². The number of nitrogens with zero attached hydrogens (tertiary/aromatic N) is 1. The van der Waals surface area contributed by atoms with Crippen molar-refractivity contribution in [1.82, 2.24) is 0 Å². The van der Waals surface area contributed by atoms with Gasteiger partial charge in [0.25, 0.3) is 5.69 Å². The Morgan fingerprint density at radius 1 is 1.11 bits per heavy atom. The SMILES string of the molecule is Cc1ccc(CNc2cccc([N+](=O)[O-])c2C)cc1. The van der Waals surface area contributed by atoms with E-state index in [-0.39, 0.29) is 10.6 Å². The van der Waals surface area contributed by atoms with Crippen LogP contribution in [0.5, 0.6) is 0 Å². The summed E-state index contributed by atoms with van der Waals surface area (Å²) in [5.74, 6) is 0. The van der Waals surface area contributed by atoms with Crippen molar-refractivity contribution in [2.24, 2.45) is 0 Å². The molecule has 19 heavy (non-hydrogen) atoms. The minimum atomic E-state index is -0.355. The summed E-state index contributed by atoms with van der Waals surface area (Å²) in [4.78, 5) is 10.5. The van der Waals surface area contributed by atoms with Gasteiger partial charge in [-0.2, -0.15) is 0 Å². The lowest BCUT2D eigenvalue weighted by molar-refractivity contribution is -0.385. The second-order valence-electron chi connectivity index (χ2n) is 4.55. The van der Waals surface area contributed by atoms with Crippen molar-refractivity contribution in [3.63, 3.8) is 0 Å². The summed E-state index contributed by atoms with van der Waals surface area (Å²) in [5.41, 5.74) is 3.98. The molecule has 98 valence electrons. The van der Waals surface area contributed by atoms with Crippen LogP contribution in [0.2, 0.25) is 0 Å². The zero-order valence-corrected chi connectivity index (χ0v) is 11.0. The maximum Gasteiger partial charge on any atom is 0.274 e. The number of benzene rings is 2. The van der Waals surface area contributed by atoms with Crippen molar-refractivity contribution in [3.8, 4) is 0 Å². The topological polar surface area (TPSA) is 55.2 Å². The fourth-order valence-corrected chi connectivity index (χ4v) is 1.92. The zero-order valence-electron chi connectivity index (χ0n) is 11.0. The van der Waals surface area contributed by atoms with Crippen molar-refractivity contribution in [3.05, 3.63) is 69.3 Å². The number of hydrogen-bond donors (Lipinski definition) is 1. The van der Waals surface area contributed by atoms with Crippen LogP contribution in [0.15, 0.2) is 42.5 Å². The first kappa shape index (κ1) is 13.1. The van der Waals surface area contributed by atoms with Gasteiger partial charge in [-0.05, 0) is 25.5 Å². The predicted octanol–water partition coefficient (Wildman–Crippen LogP) is 3.82. The Morgan fingerprint density at radius 2 is 1.79 bits per heavy atom. The molecule has 0 aliphatic carbocycles. The first-order chi connectivity index (χ1) is 9.08. The molecule has 0 aromatic heterocycles. The minimum Gasteiger partial charge on any atom is -0.381 e. The van der Waals surface area contributed by atoms with Crippen LogP contribution in [0.4, 0.5) is 11.4 Å². The van der Waals surface area contributed by atoms with Gasteiger partial charge in [0.15, 0.2) is 0 Å². The molecule has 0 atom stereocenters. The number of nitro groups is 1. The Hall–Kier alpha value is -2.36. The highest BCUT2D eigenvalue weighted by molar-refractivity contribution is 5.59. The lowest BCUT2D eigenvalue weighted by Gasteiger charge is -2.10. The molecule has 4 nitrogen and oxygen atoms in total.